The van der Waals surface area contributed by atoms with Crippen LogP contribution in [0.3, 0.4) is 0 Å². The topological polar surface area (TPSA) is 59.3 Å². The Kier molecular flexibility index (Phi) is 3.44. The smallest absolute Gasteiger partial charge is 0.276 e. The number of anilines is 1. The van der Waals surface area contributed by atoms with Crippen molar-refractivity contribution in [1.82, 2.24) is 14.4 Å². The van der Waals surface area contributed by atoms with Crippen LogP contribution in [0.2, 0.25) is 0 Å². The van der Waals surface area contributed by atoms with Crippen LogP contribution < -0.4 is 5.32 Å². The number of carbonyl (C=O) groups excluding carboxylic acids is 1. The Labute approximate surface area is 140 Å². The Morgan fingerprint density at radius 1 is 1.17 bits per heavy atom. The van der Waals surface area contributed by atoms with Crippen LogP contribution in [-0.2, 0) is 0 Å². The van der Waals surface area contributed by atoms with E-state index in [4.69, 9.17) is 0 Å². The quantitative estimate of drug-likeness (QED) is 0.611. The summed E-state index contributed by atoms with van der Waals surface area (Å²) in [6.45, 7) is 1.84. The van der Waals surface area contributed by atoms with Gasteiger partial charge in [-0.25, -0.2) is 9.97 Å². The Morgan fingerprint density at radius 3 is 2.83 bits per heavy atom. The molecule has 0 aliphatic heterocycles. The number of nitrogens with one attached hydrogen (secondary N) is 1. The Balaban J connectivity index is 1.61. The first-order chi connectivity index (χ1) is 11.2. The maximum Gasteiger partial charge on any atom is 0.276 e. The predicted molar refractivity (Wildman–Crippen MR) is 93.3 cm³/mol. The summed E-state index contributed by atoms with van der Waals surface area (Å²) in [4.78, 5) is 22.2. The third-order valence-electron chi connectivity index (χ3n) is 3.45. The lowest BCUT2D eigenvalue weighted by Crippen LogP contribution is -2.15. The number of rotatable bonds is 3. The Morgan fingerprint density at radius 2 is 2.00 bits per heavy atom. The molecule has 4 aromatic rings. The van der Waals surface area contributed by atoms with Crippen LogP contribution in [0.4, 0.5) is 5.13 Å². The van der Waals surface area contributed by atoms with E-state index in [1.807, 2.05) is 54.2 Å². The molecule has 0 saturated heterocycles. The fourth-order valence-electron chi connectivity index (χ4n) is 2.40. The molecule has 0 radical (unpaired) electrons. The number of hydrogen-bond donors (Lipinski definition) is 1. The largest absolute Gasteiger partial charge is 0.296 e. The molecule has 5 nitrogen and oxygen atoms in total. The molecule has 0 spiro atoms. The molecule has 1 N–H and O–H groups in total. The molecule has 0 fully saturated rings. The van der Waals surface area contributed by atoms with Crippen molar-refractivity contribution in [2.75, 3.05) is 5.32 Å². The average molecular weight is 340 g/mol. The molecule has 0 bridgehead atoms. The predicted octanol–water partition coefficient (Wildman–Crippen LogP) is 4.08. The van der Waals surface area contributed by atoms with Crippen LogP contribution in [0, 0.1) is 6.92 Å². The fraction of sp³-hybridized carbons (Fsp3) is 0.0625. The van der Waals surface area contributed by atoms with Crippen LogP contribution in [0.15, 0.2) is 47.3 Å². The molecule has 114 valence electrons. The van der Waals surface area contributed by atoms with Gasteiger partial charge in [-0.1, -0.05) is 30.3 Å². The summed E-state index contributed by atoms with van der Waals surface area (Å²) in [7, 11) is 0. The van der Waals surface area contributed by atoms with Gasteiger partial charge >= 0.3 is 0 Å². The zero-order valence-corrected chi connectivity index (χ0v) is 13.8. The van der Waals surface area contributed by atoms with E-state index in [0.717, 1.165) is 16.2 Å². The van der Waals surface area contributed by atoms with Crippen LogP contribution in [0.1, 0.15) is 16.2 Å². The van der Waals surface area contributed by atoms with Crippen molar-refractivity contribution in [3.63, 3.8) is 0 Å². The van der Waals surface area contributed by atoms with Gasteiger partial charge in [-0.05, 0) is 6.92 Å². The van der Waals surface area contributed by atoms with Crippen molar-refractivity contribution < 1.29 is 4.79 Å². The highest BCUT2D eigenvalue weighted by Crippen LogP contribution is 2.25. The van der Waals surface area contributed by atoms with Gasteiger partial charge in [0.2, 0.25) is 0 Å². The molecule has 0 aliphatic carbocycles. The third kappa shape index (κ3) is 2.54. The van der Waals surface area contributed by atoms with E-state index in [-0.39, 0.29) is 5.91 Å². The number of amides is 1. The molecule has 0 unspecified atom stereocenters. The number of imidazole rings is 1. The first-order valence-electron chi connectivity index (χ1n) is 6.97. The van der Waals surface area contributed by atoms with Crippen molar-refractivity contribution in [2.45, 2.75) is 6.92 Å². The van der Waals surface area contributed by atoms with Gasteiger partial charge in [0, 0.05) is 22.5 Å². The lowest BCUT2D eigenvalue weighted by Gasteiger charge is -2.01. The number of hydrogen-bond acceptors (Lipinski definition) is 5. The van der Waals surface area contributed by atoms with Gasteiger partial charge in [0.15, 0.2) is 10.1 Å². The van der Waals surface area contributed by atoms with E-state index in [9.17, 15) is 4.79 Å². The summed E-state index contributed by atoms with van der Waals surface area (Å²) < 4.78 is 1.81. The maximum absolute atomic E-state index is 12.6. The highest BCUT2D eigenvalue weighted by atomic mass is 32.1. The van der Waals surface area contributed by atoms with Crippen molar-refractivity contribution in [3.05, 3.63) is 58.7 Å². The summed E-state index contributed by atoms with van der Waals surface area (Å²) in [5, 5.41) is 7.30. The monoisotopic (exact) mass is 340 g/mol. The van der Waals surface area contributed by atoms with E-state index in [2.05, 4.69) is 15.3 Å². The van der Waals surface area contributed by atoms with Crippen LogP contribution >= 0.6 is 22.7 Å². The fourth-order valence-corrected chi connectivity index (χ4v) is 3.87. The lowest BCUT2D eigenvalue weighted by molar-refractivity contribution is 0.102. The van der Waals surface area contributed by atoms with Gasteiger partial charge < -0.3 is 0 Å². The zero-order valence-electron chi connectivity index (χ0n) is 12.2. The molecule has 4 rings (SSSR count). The molecule has 1 amide bonds. The second kappa shape index (κ2) is 5.60. The minimum absolute atomic E-state index is 0.192. The summed E-state index contributed by atoms with van der Waals surface area (Å²) in [6.07, 6.45) is 1.85. The summed E-state index contributed by atoms with van der Waals surface area (Å²) in [5.74, 6) is -0.192. The number of aryl methyl sites for hydroxylation is 1. The Hall–Kier alpha value is -2.51. The maximum atomic E-state index is 12.6. The van der Waals surface area contributed by atoms with Crippen molar-refractivity contribution >= 4 is 38.7 Å². The Bertz CT molecular complexity index is 984. The number of carbonyl (C=O) groups is 1. The van der Waals surface area contributed by atoms with Gasteiger partial charge in [0.05, 0.1) is 11.4 Å². The highest BCUT2D eigenvalue weighted by Gasteiger charge is 2.18. The van der Waals surface area contributed by atoms with E-state index in [1.54, 1.807) is 4.40 Å². The van der Waals surface area contributed by atoms with Crippen LogP contribution in [0.5, 0.6) is 0 Å². The average Bonchev–Trinajstić information content (AvgIpc) is 3.24. The SMILES string of the molecule is Cc1nc2sccn2c1C(=O)Nc1nc(-c2ccccc2)cs1. The minimum Gasteiger partial charge on any atom is -0.296 e. The molecule has 3 heterocycles. The zero-order chi connectivity index (χ0) is 15.8. The first kappa shape index (κ1) is 14.1. The van der Waals surface area contributed by atoms with Gasteiger partial charge in [0.25, 0.3) is 5.91 Å². The molecule has 1 aromatic carbocycles. The van der Waals surface area contributed by atoms with Gasteiger partial charge in [-0.2, -0.15) is 0 Å². The molecule has 3 aromatic heterocycles. The highest BCUT2D eigenvalue weighted by molar-refractivity contribution is 7.15. The van der Waals surface area contributed by atoms with E-state index < -0.39 is 0 Å². The third-order valence-corrected chi connectivity index (χ3v) is 4.96. The molecule has 0 aliphatic rings. The van der Waals surface area contributed by atoms with Crippen molar-refractivity contribution in [3.8, 4) is 11.3 Å². The lowest BCUT2D eigenvalue weighted by atomic mass is 10.2. The van der Waals surface area contributed by atoms with Crippen molar-refractivity contribution in [1.29, 1.82) is 0 Å². The van der Waals surface area contributed by atoms with Crippen LogP contribution in [-0.4, -0.2) is 20.3 Å². The molecular formula is C16H12N4OS2. The van der Waals surface area contributed by atoms with Gasteiger partial charge in [0.1, 0.15) is 5.69 Å². The molecule has 0 saturated carbocycles. The van der Waals surface area contributed by atoms with E-state index in [0.29, 0.717) is 16.5 Å². The molecule has 23 heavy (non-hydrogen) atoms. The number of aromatic nitrogens is 3. The normalized spacial score (nSPS) is 11.0. The number of thiazole rings is 2. The first-order valence-corrected chi connectivity index (χ1v) is 8.73. The summed E-state index contributed by atoms with van der Waals surface area (Å²) in [6, 6.07) is 9.89. The van der Waals surface area contributed by atoms with Gasteiger partial charge in [-0.3, -0.25) is 14.5 Å². The second-order valence-corrected chi connectivity index (χ2v) is 6.69. The second-order valence-electron chi connectivity index (χ2n) is 4.96. The van der Waals surface area contributed by atoms with E-state index in [1.165, 1.54) is 22.7 Å². The molecule has 0 atom stereocenters. The summed E-state index contributed by atoms with van der Waals surface area (Å²) in [5.41, 5.74) is 3.16. The van der Waals surface area contributed by atoms with Crippen molar-refractivity contribution in [2.24, 2.45) is 0 Å². The standard InChI is InChI=1S/C16H12N4OS2/c1-10-13(20-7-8-22-16(20)17-10)14(21)19-15-18-12(9-23-15)11-5-3-2-4-6-11/h2-9H,1H3,(H,18,19,21). The van der Waals surface area contributed by atoms with Gasteiger partial charge in [-0.15, -0.1) is 22.7 Å². The molecular weight excluding hydrogens is 328 g/mol. The van der Waals surface area contributed by atoms with E-state index >= 15 is 0 Å². The number of nitrogens with zero attached hydrogens (tertiary/aromatic N) is 3. The minimum atomic E-state index is -0.192. The van der Waals surface area contributed by atoms with Crippen LogP contribution in [0.25, 0.3) is 16.2 Å². The summed E-state index contributed by atoms with van der Waals surface area (Å²) >= 11 is 2.92. The molecule has 7 heteroatoms. The number of benzene rings is 1. The number of fused-ring (bicyclic) bond motifs is 1.